The zero-order valence-electron chi connectivity index (χ0n) is 38.3. The summed E-state index contributed by atoms with van der Waals surface area (Å²) in [5.41, 5.74) is 0. The number of likely N-dealkylation sites (N-methyl/N-ethyl adjacent to an activating group) is 1. The van der Waals surface area contributed by atoms with Gasteiger partial charge in [-0.05, 0) is 44.9 Å². The van der Waals surface area contributed by atoms with E-state index < -0.39 is 20.0 Å². The maximum absolute atomic E-state index is 12.9. The molecule has 1 unspecified atom stereocenters. The molecule has 0 aliphatic rings. The Balaban J connectivity index is 4.30. The molecule has 0 radical (unpaired) electrons. The summed E-state index contributed by atoms with van der Waals surface area (Å²) in [5.74, 6) is -0.177. The molecule has 1 amide bonds. The highest BCUT2D eigenvalue weighted by atomic mass is 31.2. The van der Waals surface area contributed by atoms with E-state index >= 15 is 0 Å². The number of unbranched alkanes of at least 4 members (excludes halogenated alkanes) is 29. The van der Waals surface area contributed by atoms with Gasteiger partial charge in [0.05, 0.1) is 39.9 Å². The Bertz CT molecular complexity index is 984. The van der Waals surface area contributed by atoms with Crippen LogP contribution in [0.5, 0.6) is 0 Å². The minimum atomic E-state index is -4.34. The van der Waals surface area contributed by atoms with Crippen molar-refractivity contribution in [2.24, 2.45) is 0 Å². The molecule has 0 heterocycles. The van der Waals surface area contributed by atoms with Crippen molar-refractivity contribution in [1.82, 2.24) is 5.32 Å². The van der Waals surface area contributed by atoms with Crippen molar-refractivity contribution in [2.75, 3.05) is 40.9 Å². The molecule has 338 valence electrons. The molecular weight excluding hydrogens is 732 g/mol. The van der Waals surface area contributed by atoms with Crippen molar-refractivity contribution < 1.29 is 32.9 Å². The Morgan fingerprint density at radius 3 is 1.35 bits per heavy atom. The third-order valence-electron chi connectivity index (χ3n) is 10.9. The van der Waals surface area contributed by atoms with Crippen molar-refractivity contribution in [3.05, 3.63) is 24.3 Å². The topological polar surface area (TPSA) is 105 Å². The molecule has 57 heavy (non-hydrogen) atoms. The third-order valence-corrected chi connectivity index (χ3v) is 11.9. The first kappa shape index (κ1) is 56.0. The summed E-state index contributed by atoms with van der Waals surface area (Å²) in [5, 5.41) is 13.8. The van der Waals surface area contributed by atoms with Crippen LogP contribution in [0.3, 0.4) is 0 Å². The molecule has 3 atom stereocenters. The predicted molar refractivity (Wildman–Crippen MR) is 245 cm³/mol. The van der Waals surface area contributed by atoms with Crippen LogP contribution in [0.2, 0.25) is 0 Å². The Labute approximate surface area is 354 Å². The van der Waals surface area contributed by atoms with Gasteiger partial charge in [0.2, 0.25) is 5.91 Å². The molecule has 0 saturated heterocycles. The lowest BCUT2D eigenvalue weighted by Crippen LogP contribution is -2.45. The lowest BCUT2D eigenvalue weighted by Gasteiger charge is -2.25. The van der Waals surface area contributed by atoms with Gasteiger partial charge in [-0.1, -0.05) is 199 Å². The van der Waals surface area contributed by atoms with Gasteiger partial charge >= 0.3 is 7.82 Å². The molecule has 0 aliphatic carbocycles. The second-order valence-corrected chi connectivity index (χ2v) is 19.3. The van der Waals surface area contributed by atoms with Gasteiger partial charge in [-0.25, -0.2) is 4.57 Å². The van der Waals surface area contributed by atoms with Gasteiger partial charge in [-0.2, -0.15) is 0 Å². The number of phosphoric acid groups is 1. The van der Waals surface area contributed by atoms with Gasteiger partial charge in [0.1, 0.15) is 13.2 Å². The van der Waals surface area contributed by atoms with Crippen LogP contribution in [0.25, 0.3) is 0 Å². The van der Waals surface area contributed by atoms with E-state index in [1.807, 2.05) is 27.2 Å². The summed E-state index contributed by atoms with van der Waals surface area (Å²) in [6, 6.07) is -0.843. The molecule has 0 rings (SSSR count). The number of aliphatic hydroxyl groups is 1. The number of carbonyl (C=O) groups excluding carboxylic acids is 1. The normalized spacial score (nSPS) is 14.4. The molecule has 0 aliphatic heterocycles. The van der Waals surface area contributed by atoms with Crippen LogP contribution in [0.1, 0.15) is 226 Å². The second-order valence-electron chi connectivity index (χ2n) is 17.8. The number of quaternary nitrogens is 1. The summed E-state index contributed by atoms with van der Waals surface area (Å²) in [6.07, 6.45) is 48.2. The Hall–Kier alpha value is -1.02. The molecule has 3 N–H and O–H groups in total. The van der Waals surface area contributed by atoms with Crippen LogP contribution in [0, 0.1) is 0 Å². The van der Waals surface area contributed by atoms with Crippen molar-refractivity contribution >= 4 is 13.7 Å². The monoisotopic (exact) mass is 828 g/mol. The van der Waals surface area contributed by atoms with Crippen LogP contribution >= 0.6 is 7.82 Å². The number of hydrogen-bond donors (Lipinski definition) is 3. The fourth-order valence-electron chi connectivity index (χ4n) is 7.04. The molecule has 8 nitrogen and oxygen atoms in total. The minimum absolute atomic E-state index is 0.0628. The Morgan fingerprint density at radius 1 is 0.579 bits per heavy atom. The van der Waals surface area contributed by atoms with Crippen LogP contribution in [-0.4, -0.2) is 73.4 Å². The molecule has 0 aromatic rings. The summed E-state index contributed by atoms with van der Waals surface area (Å²) < 4.78 is 23.6. The average Bonchev–Trinajstić information content (AvgIpc) is 3.16. The van der Waals surface area contributed by atoms with Gasteiger partial charge < -0.3 is 19.8 Å². The van der Waals surface area contributed by atoms with Crippen molar-refractivity contribution in [2.45, 2.75) is 238 Å². The van der Waals surface area contributed by atoms with Gasteiger partial charge in [-0.15, -0.1) is 0 Å². The predicted octanol–water partition coefficient (Wildman–Crippen LogP) is 13.7. The summed E-state index contributed by atoms with van der Waals surface area (Å²) in [7, 11) is 1.58. The molecule has 0 bridgehead atoms. The number of allylic oxidation sites excluding steroid dienone is 3. The first-order valence-corrected chi connectivity index (χ1v) is 25.7. The van der Waals surface area contributed by atoms with Crippen LogP contribution in [-0.2, 0) is 18.4 Å². The standard InChI is InChI=1S/C48H95N2O6P/c1-6-8-10-12-14-16-18-20-22-23-24-25-26-27-28-30-32-34-36-38-40-42-48(52)49-46(45-56-57(53,54)55-44-43-50(3,4)5)47(51)41-39-37-35-33-31-29-21-19-17-15-13-11-9-7-2/h20,22,39,41,46-47,51H,6-19,21,23-38,40,42-45H2,1-5H3,(H-,49,52,53,54)/p+1/b22-20-,41-39+/t46-,47+/m0/s1. The van der Waals surface area contributed by atoms with Crippen LogP contribution < -0.4 is 5.32 Å². The van der Waals surface area contributed by atoms with Gasteiger partial charge in [-0.3, -0.25) is 13.8 Å². The molecule has 0 aromatic carbocycles. The summed E-state index contributed by atoms with van der Waals surface area (Å²) in [4.78, 5) is 23.2. The minimum Gasteiger partial charge on any atom is -0.387 e. The van der Waals surface area contributed by atoms with E-state index in [4.69, 9.17) is 9.05 Å². The van der Waals surface area contributed by atoms with E-state index in [1.165, 1.54) is 167 Å². The molecule has 0 fully saturated rings. The van der Waals surface area contributed by atoms with Crippen LogP contribution in [0.4, 0.5) is 0 Å². The molecule has 0 saturated carbocycles. The quantitative estimate of drug-likeness (QED) is 0.0244. The van der Waals surface area contributed by atoms with E-state index in [-0.39, 0.29) is 19.1 Å². The highest BCUT2D eigenvalue weighted by Crippen LogP contribution is 2.43. The first-order valence-electron chi connectivity index (χ1n) is 24.2. The van der Waals surface area contributed by atoms with Gasteiger partial charge in [0.25, 0.3) is 0 Å². The summed E-state index contributed by atoms with van der Waals surface area (Å²) in [6.45, 7) is 4.82. The number of aliphatic hydroxyl groups excluding tert-OH is 1. The van der Waals surface area contributed by atoms with E-state index in [0.717, 1.165) is 38.5 Å². The third kappa shape index (κ3) is 42.9. The number of rotatable bonds is 44. The second kappa shape index (κ2) is 40.4. The summed E-state index contributed by atoms with van der Waals surface area (Å²) >= 11 is 0. The average molecular weight is 828 g/mol. The highest BCUT2D eigenvalue weighted by Gasteiger charge is 2.27. The lowest BCUT2D eigenvalue weighted by molar-refractivity contribution is -0.870. The fourth-order valence-corrected chi connectivity index (χ4v) is 7.77. The van der Waals surface area contributed by atoms with Crippen molar-refractivity contribution in [1.29, 1.82) is 0 Å². The zero-order valence-corrected chi connectivity index (χ0v) is 39.2. The number of amides is 1. The highest BCUT2D eigenvalue weighted by molar-refractivity contribution is 7.47. The van der Waals surface area contributed by atoms with E-state index in [1.54, 1.807) is 6.08 Å². The number of carbonyl (C=O) groups is 1. The number of phosphoric ester groups is 1. The maximum Gasteiger partial charge on any atom is 0.472 e. The van der Waals surface area contributed by atoms with E-state index in [9.17, 15) is 19.4 Å². The fraction of sp³-hybridized carbons (Fsp3) is 0.896. The smallest absolute Gasteiger partial charge is 0.387 e. The largest absolute Gasteiger partial charge is 0.472 e. The Morgan fingerprint density at radius 2 is 0.947 bits per heavy atom. The van der Waals surface area contributed by atoms with Crippen molar-refractivity contribution in [3.8, 4) is 0 Å². The Kier molecular flexibility index (Phi) is 39.7. The molecule has 0 spiro atoms. The van der Waals surface area contributed by atoms with E-state index in [2.05, 4.69) is 31.3 Å². The SMILES string of the molecule is CCCCCCCC/C=C\CCCCCCCCCCCCCC(=O)N[C@@H](COP(=O)(O)OCC[N+](C)(C)C)[C@H](O)/C=C/CCCCCCCCCCCCCC. The number of nitrogens with one attached hydrogen (secondary N) is 1. The number of nitrogens with zero attached hydrogens (tertiary/aromatic N) is 1. The number of hydrogen-bond acceptors (Lipinski definition) is 5. The molecule has 0 aromatic heterocycles. The first-order chi connectivity index (χ1) is 27.5. The van der Waals surface area contributed by atoms with E-state index in [0.29, 0.717) is 17.4 Å². The lowest BCUT2D eigenvalue weighted by atomic mass is 10.0. The zero-order chi connectivity index (χ0) is 42.1. The van der Waals surface area contributed by atoms with Crippen molar-refractivity contribution in [3.63, 3.8) is 0 Å². The van der Waals surface area contributed by atoms with Gasteiger partial charge in [0, 0.05) is 6.42 Å². The molecule has 9 heteroatoms. The molecular formula is C48H96N2O6P+. The maximum atomic E-state index is 12.9. The van der Waals surface area contributed by atoms with Crippen LogP contribution in [0.15, 0.2) is 24.3 Å². The van der Waals surface area contributed by atoms with Gasteiger partial charge in [0.15, 0.2) is 0 Å².